The van der Waals surface area contributed by atoms with Crippen LogP contribution < -0.4 is 4.72 Å². The molecule has 1 aliphatic rings. The van der Waals surface area contributed by atoms with Gasteiger partial charge in [-0.3, -0.25) is 4.72 Å². The summed E-state index contributed by atoms with van der Waals surface area (Å²) in [5, 5.41) is 0.165. The molecule has 94 valence electrons. The smallest absolute Gasteiger partial charge is 0.268 e. The number of anilines is 1. The van der Waals surface area contributed by atoms with Gasteiger partial charge in [0.05, 0.1) is 5.69 Å². The number of aryl methyl sites for hydroxylation is 1. The molecule has 2 rings (SSSR count). The van der Waals surface area contributed by atoms with Crippen LogP contribution in [0.5, 0.6) is 0 Å². The van der Waals surface area contributed by atoms with E-state index < -0.39 is 10.2 Å². The number of rotatable bonds is 3. The second-order valence-electron chi connectivity index (χ2n) is 4.06. The third kappa shape index (κ3) is 2.88. The summed E-state index contributed by atoms with van der Waals surface area (Å²) in [5.41, 5.74) is 1.19. The lowest BCUT2D eigenvalue weighted by Gasteiger charge is -2.17. The highest BCUT2D eigenvalue weighted by molar-refractivity contribution is 7.90. The molecule has 1 aromatic rings. The second kappa shape index (κ2) is 4.80. The minimum atomic E-state index is -3.49. The van der Waals surface area contributed by atoms with Crippen LogP contribution >= 0.6 is 11.6 Å². The summed E-state index contributed by atoms with van der Waals surface area (Å²) >= 11 is 5.85. The van der Waals surface area contributed by atoms with Gasteiger partial charge in [-0.15, -0.1) is 0 Å². The Morgan fingerprint density at radius 1 is 1.41 bits per heavy atom. The highest BCUT2D eigenvalue weighted by Gasteiger charge is 2.25. The van der Waals surface area contributed by atoms with E-state index in [1.807, 2.05) is 6.92 Å². The number of aromatic nitrogens is 1. The van der Waals surface area contributed by atoms with E-state index in [-0.39, 0.29) is 5.15 Å². The molecule has 0 aliphatic carbocycles. The lowest BCUT2D eigenvalue weighted by atomic mass is 10.3. The van der Waals surface area contributed by atoms with Gasteiger partial charge in [0.2, 0.25) is 0 Å². The summed E-state index contributed by atoms with van der Waals surface area (Å²) in [6.45, 7) is 2.95. The van der Waals surface area contributed by atoms with Gasteiger partial charge in [0.25, 0.3) is 0 Å². The quantitative estimate of drug-likeness (QED) is 0.856. The third-order valence-corrected chi connectivity index (χ3v) is 4.44. The van der Waals surface area contributed by atoms with Crippen LogP contribution in [0.2, 0.25) is 5.15 Å². The molecular weight excluding hydrogens is 262 g/mol. The van der Waals surface area contributed by atoms with E-state index >= 15 is 0 Å². The minimum Gasteiger partial charge on any atom is -0.268 e. The van der Waals surface area contributed by atoms with Gasteiger partial charge < -0.3 is 0 Å². The summed E-state index contributed by atoms with van der Waals surface area (Å²) in [4.78, 5) is 3.91. The molecule has 1 N–H and O–H groups in total. The van der Waals surface area contributed by atoms with Crippen molar-refractivity contribution in [2.75, 3.05) is 17.8 Å². The zero-order valence-electron chi connectivity index (χ0n) is 9.48. The molecule has 1 aliphatic heterocycles. The zero-order chi connectivity index (χ0) is 12.5. The molecule has 0 amide bonds. The van der Waals surface area contributed by atoms with Gasteiger partial charge in [-0.25, -0.2) is 4.98 Å². The van der Waals surface area contributed by atoms with Crippen LogP contribution in [0, 0.1) is 6.92 Å². The molecular formula is C10H14ClN3O2S. The molecule has 1 aromatic heterocycles. The molecule has 1 fully saturated rings. The monoisotopic (exact) mass is 275 g/mol. The molecule has 1 saturated heterocycles. The van der Waals surface area contributed by atoms with Crippen LogP contribution in [0.3, 0.4) is 0 Å². The molecule has 0 unspecified atom stereocenters. The second-order valence-corrected chi connectivity index (χ2v) is 6.09. The van der Waals surface area contributed by atoms with Crippen molar-refractivity contribution in [3.63, 3.8) is 0 Å². The highest BCUT2D eigenvalue weighted by atomic mass is 35.5. The van der Waals surface area contributed by atoms with Crippen molar-refractivity contribution >= 4 is 27.5 Å². The molecule has 7 heteroatoms. The highest BCUT2D eigenvalue weighted by Crippen LogP contribution is 2.23. The molecule has 17 heavy (non-hydrogen) atoms. The standard InChI is InChI=1S/C10H14ClN3O2S/c1-8-6-9(10(11)12-7-8)13-17(15,16)14-4-2-3-5-14/h6-7,13H,2-5H2,1H3. The Balaban J connectivity index is 2.22. The summed E-state index contributed by atoms with van der Waals surface area (Å²) in [6.07, 6.45) is 3.40. The van der Waals surface area contributed by atoms with E-state index in [1.54, 1.807) is 12.3 Å². The lowest BCUT2D eigenvalue weighted by molar-refractivity contribution is 0.482. The van der Waals surface area contributed by atoms with Gasteiger partial charge >= 0.3 is 10.2 Å². The Kier molecular flexibility index (Phi) is 3.56. The van der Waals surface area contributed by atoms with Crippen LogP contribution in [0.4, 0.5) is 5.69 Å². The van der Waals surface area contributed by atoms with E-state index in [4.69, 9.17) is 11.6 Å². The first-order valence-corrected chi connectivity index (χ1v) is 7.21. The number of hydrogen-bond acceptors (Lipinski definition) is 3. The number of nitrogens with zero attached hydrogens (tertiary/aromatic N) is 2. The fraction of sp³-hybridized carbons (Fsp3) is 0.500. The van der Waals surface area contributed by atoms with E-state index in [0.717, 1.165) is 18.4 Å². The van der Waals surface area contributed by atoms with Crippen LogP contribution in [-0.2, 0) is 10.2 Å². The Bertz CT molecular complexity index is 512. The first kappa shape index (κ1) is 12.6. The zero-order valence-corrected chi connectivity index (χ0v) is 11.1. The van der Waals surface area contributed by atoms with Crippen molar-refractivity contribution < 1.29 is 8.42 Å². The molecule has 0 bridgehead atoms. The van der Waals surface area contributed by atoms with Crippen molar-refractivity contribution in [3.8, 4) is 0 Å². The Hall–Kier alpha value is -0.850. The first-order valence-electron chi connectivity index (χ1n) is 5.39. The van der Waals surface area contributed by atoms with Gasteiger partial charge in [0, 0.05) is 19.3 Å². The maximum Gasteiger partial charge on any atom is 0.301 e. The Labute approximate surface area is 106 Å². The van der Waals surface area contributed by atoms with E-state index in [0.29, 0.717) is 18.8 Å². The van der Waals surface area contributed by atoms with Gasteiger partial charge in [-0.05, 0) is 31.4 Å². The molecule has 2 heterocycles. The van der Waals surface area contributed by atoms with Crippen LogP contribution in [0.25, 0.3) is 0 Å². The van der Waals surface area contributed by atoms with Crippen molar-refractivity contribution in [2.24, 2.45) is 0 Å². The SMILES string of the molecule is Cc1cnc(Cl)c(NS(=O)(=O)N2CCCC2)c1. The van der Waals surface area contributed by atoms with Gasteiger partial charge in [0.1, 0.15) is 0 Å². The third-order valence-electron chi connectivity index (χ3n) is 2.62. The minimum absolute atomic E-state index is 0.165. The summed E-state index contributed by atoms with van der Waals surface area (Å²) in [6, 6.07) is 1.67. The van der Waals surface area contributed by atoms with Crippen molar-refractivity contribution in [2.45, 2.75) is 19.8 Å². The number of nitrogens with one attached hydrogen (secondary N) is 1. The molecule has 0 radical (unpaired) electrons. The maximum absolute atomic E-state index is 12.0. The maximum atomic E-state index is 12.0. The Morgan fingerprint density at radius 3 is 2.71 bits per heavy atom. The average molecular weight is 276 g/mol. The molecule has 0 atom stereocenters. The van der Waals surface area contributed by atoms with Crippen molar-refractivity contribution in [3.05, 3.63) is 23.0 Å². The number of hydrogen-bond donors (Lipinski definition) is 1. The lowest BCUT2D eigenvalue weighted by Crippen LogP contribution is -2.33. The fourth-order valence-corrected chi connectivity index (χ4v) is 3.26. The van der Waals surface area contributed by atoms with E-state index in [9.17, 15) is 8.42 Å². The topological polar surface area (TPSA) is 62.3 Å². The predicted molar refractivity (Wildman–Crippen MR) is 67.3 cm³/mol. The molecule has 0 aromatic carbocycles. The first-order chi connectivity index (χ1) is 7.99. The van der Waals surface area contributed by atoms with E-state index in [1.165, 1.54) is 4.31 Å². The van der Waals surface area contributed by atoms with Gasteiger partial charge in [-0.2, -0.15) is 12.7 Å². The Morgan fingerprint density at radius 2 is 2.06 bits per heavy atom. The van der Waals surface area contributed by atoms with Crippen LogP contribution in [0.1, 0.15) is 18.4 Å². The molecule has 0 saturated carbocycles. The summed E-state index contributed by atoms with van der Waals surface area (Å²) < 4.78 is 27.9. The summed E-state index contributed by atoms with van der Waals surface area (Å²) in [7, 11) is -3.49. The number of halogens is 1. The number of pyridine rings is 1. The van der Waals surface area contributed by atoms with Crippen molar-refractivity contribution in [1.82, 2.24) is 9.29 Å². The predicted octanol–water partition coefficient (Wildman–Crippen LogP) is 1.80. The largest absolute Gasteiger partial charge is 0.301 e. The van der Waals surface area contributed by atoms with Gasteiger partial charge in [-0.1, -0.05) is 11.6 Å². The fourth-order valence-electron chi connectivity index (χ4n) is 1.76. The molecule has 5 nitrogen and oxygen atoms in total. The van der Waals surface area contributed by atoms with E-state index in [2.05, 4.69) is 9.71 Å². The summed E-state index contributed by atoms with van der Waals surface area (Å²) in [5.74, 6) is 0. The molecule has 0 spiro atoms. The van der Waals surface area contributed by atoms with Crippen molar-refractivity contribution in [1.29, 1.82) is 0 Å². The normalized spacial score (nSPS) is 17.3. The van der Waals surface area contributed by atoms with Crippen LogP contribution in [0.15, 0.2) is 12.3 Å². The average Bonchev–Trinajstić information content (AvgIpc) is 2.77. The van der Waals surface area contributed by atoms with Crippen LogP contribution in [-0.4, -0.2) is 30.8 Å². The van der Waals surface area contributed by atoms with Gasteiger partial charge in [0.15, 0.2) is 5.15 Å².